The van der Waals surface area contributed by atoms with Gasteiger partial charge in [-0.15, -0.1) is 0 Å². The molecule has 4 heteroatoms. The van der Waals surface area contributed by atoms with Crippen LogP contribution in [0.3, 0.4) is 0 Å². The zero-order chi connectivity index (χ0) is 12.4. The highest BCUT2D eigenvalue weighted by atomic mass is 35.5. The molecule has 1 aromatic carbocycles. The minimum atomic E-state index is -0.525. The highest BCUT2D eigenvalue weighted by Crippen LogP contribution is 2.27. The molecule has 94 valence electrons. The average Bonchev–Trinajstić information content (AvgIpc) is 2.70. The van der Waals surface area contributed by atoms with Gasteiger partial charge in [0.05, 0.1) is 12.2 Å². The van der Waals surface area contributed by atoms with E-state index in [9.17, 15) is 5.11 Å². The molecule has 0 bridgehead atoms. The van der Waals surface area contributed by atoms with Gasteiger partial charge in [0.1, 0.15) is 0 Å². The Hall–Kier alpha value is -0.280. The van der Waals surface area contributed by atoms with Gasteiger partial charge in [0.25, 0.3) is 0 Å². The van der Waals surface area contributed by atoms with Crippen LogP contribution < -0.4 is 0 Å². The Labute approximate surface area is 111 Å². The van der Waals surface area contributed by atoms with Gasteiger partial charge in [0.2, 0.25) is 0 Å². The van der Waals surface area contributed by atoms with Crippen LogP contribution in [-0.2, 0) is 11.2 Å². The molecule has 0 amide bonds. The molecule has 1 aliphatic heterocycles. The van der Waals surface area contributed by atoms with Crippen LogP contribution in [0.5, 0.6) is 0 Å². The first-order chi connectivity index (χ1) is 8.08. The zero-order valence-electron chi connectivity index (χ0n) is 9.70. The van der Waals surface area contributed by atoms with E-state index < -0.39 is 6.10 Å². The Bertz CT molecular complexity index is 395. The molecule has 1 fully saturated rings. The van der Waals surface area contributed by atoms with Crippen LogP contribution in [0, 0.1) is 5.92 Å². The van der Waals surface area contributed by atoms with E-state index in [0.29, 0.717) is 22.4 Å². The second-order valence-corrected chi connectivity index (χ2v) is 5.45. The summed E-state index contributed by atoms with van der Waals surface area (Å²) in [6, 6.07) is 5.30. The van der Waals surface area contributed by atoms with Gasteiger partial charge in [0.15, 0.2) is 0 Å². The summed E-state index contributed by atoms with van der Waals surface area (Å²) in [6.07, 6.45) is 0.868. The van der Waals surface area contributed by atoms with Crippen molar-refractivity contribution in [3.05, 3.63) is 33.8 Å². The molecule has 0 radical (unpaired) electrons. The van der Waals surface area contributed by atoms with Crippen molar-refractivity contribution in [3.63, 3.8) is 0 Å². The lowest BCUT2D eigenvalue weighted by molar-refractivity contribution is -0.0157. The van der Waals surface area contributed by atoms with Crippen molar-refractivity contribution >= 4 is 23.2 Å². The minimum absolute atomic E-state index is 0.0925. The summed E-state index contributed by atoms with van der Waals surface area (Å²) < 4.78 is 5.54. The third-order valence-corrected chi connectivity index (χ3v) is 3.86. The summed E-state index contributed by atoms with van der Waals surface area (Å²) in [7, 11) is 0. The Kier molecular flexibility index (Phi) is 4.31. The Morgan fingerprint density at radius 3 is 2.88 bits per heavy atom. The third kappa shape index (κ3) is 3.14. The van der Waals surface area contributed by atoms with Crippen LogP contribution in [0.1, 0.15) is 18.9 Å². The lowest BCUT2D eigenvalue weighted by atomic mass is 9.95. The van der Waals surface area contributed by atoms with Gasteiger partial charge in [0, 0.05) is 23.1 Å². The van der Waals surface area contributed by atoms with Gasteiger partial charge in [-0.3, -0.25) is 0 Å². The number of aliphatic hydroxyl groups is 1. The first-order valence-electron chi connectivity index (χ1n) is 5.81. The lowest BCUT2D eigenvalue weighted by Crippen LogP contribution is -2.31. The van der Waals surface area contributed by atoms with E-state index in [2.05, 4.69) is 6.92 Å². The van der Waals surface area contributed by atoms with Crippen molar-refractivity contribution in [2.45, 2.75) is 32.0 Å². The summed E-state index contributed by atoms with van der Waals surface area (Å²) in [5, 5.41) is 11.4. The van der Waals surface area contributed by atoms with E-state index in [1.807, 2.05) is 0 Å². The zero-order valence-corrected chi connectivity index (χ0v) is 11.2. The van der Waals surface area contributed by atoms with Crippen LogP contribution in [-0.4, -0.2) is 23.9 Å². The largest absolute Gasteiger partial charge is 0.390 e. The molecule has 1 N–H and O–H groups in total. The van der Waals surface area contributed by atoms with Gasteiger partial charge in [-0.2, -0.15) is 0 Å². The summed E-state index contributed by atoms with van der Waals surface area (Å²) in [6.45, 7) is 2.83. The van der Waals surface area contributed by atoms with E-state index in [0.717, 1.165) is 18.6 Å². The molecule has 1 aliphatic rings. The van der Waals surface area contributed by atoms with Crippen molar-refractivity contribution in [1.29, 1.82) is 0 Å². The molecule has 1 saturated heterocycles. The van der Waals surface area contributed by atoms with Gasteiger partial charge in [-0.05, 0) is 36.1 Å². The maximum atomic E-state index is 10.2. The number of ether oxygens (including phenoxy) is 1. The van der Waals surface area contributed by atoms with Crippen LogP contribution >= 0.6 is 23.2 Å². The standard InChI is InChI=1S/C13H16Cl2O2/c1-8-4-5-17-13(8)12(16)7-9-6-10(14)2-3-11(9)15/h2-3,6,8,12-13,16H,4-5,7H2,1H3. The van der Waals surface area contributed by atoms with Crippen LogP contribution in [0.2, 0.25) is 10.0 Å². The molecule has 17 heavy (non-hydrogen) atoms. The second kappa shape index (κ2) is 5.57. The highest BCUT2D eigenvalue weighted by Gasteiger charge is 2.31. The van der Waals surface area contributed by atoms with Gasteiger partial charge < -0.3 is 9.84 Å². The number of hydrogen-bond acceptors (Lipinski definition) is 2. The summed E-state index contributed by atoms with van der Waals surface area (Å²) in [5.41, 5.74) is 0.870. The number of halogens is 2. The van der Waals surface area contributed by atoms with Crippen LogP contribution in [0.4, 0.5) is 0 Å². The molecule has 0 aromatic heterocycles. The quantitative estimate of drug-likeness (QED) is 0.917. The summed E-state index contributed by atoms with van der Waals surface area (Å²) in [4.78, 5) is 0. The number of rotatable bonds is 3. The van der Waals surface area contributed by atoms with Crippen LogP contribution in [0.25, 0.3) is 0 Å². The van der Waals surface area contributed by atoms with E-state index in [1.54, 1.807) is 18.2 Å². The summed E-state index contributed by atoms with van der Waals surface area (Å²) >= 11 is 12.0. The second-order valence-electron chi connectivity index (χ2n) is 4.61. The van der Waals surface area contributed by atoms with Crippen molar-refractivity contribution < 1.29 is 9.84 Å². The fraction of sp³-hybridized carbons (Fsp3) is 0.538. The van der Waals surface area contributed by atoms with Crippen molar-refractivity contribution in [2.24, 2.45) is 5.92 Å². The average molecular weight is 275 g/mol. The lowest BCUT2D eigenvalue weighted by Gasteiger charge is -2.21. The maximum absolute atomic E-state index is 10.2. The molecular weight excluding hydrogens is 259 g/mol. The third-order valence-electron chi connectivity index (χ3n) is 3.26. The van der Waals surface area contributed by atoms with E-state index in [-0.39, 0.29) is 6.10 Å². The van der Waals surface area contributed by atoms with E-state index in [4.69, 9.17) is 27.9 Å². The van der Waals surface area contributed by atoms with Gasteiger partial charge in [-0.25, -0.2) is 0 Å². The SMILES string of the molecule is CC1CCOC1C(O)Cc1cc(Cl)ccc1Cl. The maximum Gasteiger partial charge on any atom is 0.0863 e. The topological polar surface area (TPSA) is 29.5 Å². The van der Waals surface area contributed by atoms with Crippen molar-refractivity contribution in [3.8, 4) is 0 Å². The molecule has 1 heterocycles. The Morgan fingerprint density at radius 2 is 2.24 bits per heavy atom. The Morgan fingerprint density at radius 1 is 1.47 bits per heavy atom. The van der Waals surface area contributed by atoms with E-state index in [1.165, 1.54) is 0 Å². The van der Waals surface area contributed by atoms with Crippen molar-refractivity contribution in [2.75, 3.05) is 6.61 Å². The Balaban J connectivity index is 2.07. The molecule has 3 atom stereocenters. The van der Waals surface area contributed by atoms with Crippen molar-refractivity contribution in [1.82, 2.24) is 0 Å². The molecule has 3 unspecified atom stereocenters. The number of benzene rings is 1. The highest BCUT2D eigenvalue weighted by molar-refractivity contribution is 6.33. The number of aliphatic hydroxyl groups excluding tert-OH is 1. The molecule has 0 spiro atoms. The predicted molar refractivity (Wildman–Crippen MR) is 69.7 cm³/mol. The van der Waals surface area contributed by atoms with Gasteiger partial charge >= 0.3 is 0 Å². The first kappa shape index (κ1) is 13.2. The van der Waals surface area contributed by atoms with Gasteiger partial charge in [-0.1, -0.05) is 30.1 Å². The number of hydrogen-bond donors (Lipinski definition) is 1. The molecule has 2 nitrogen and oxygen atoms in total. The molecular formula is C13H16Cl2O2. The first-order valence-corrected chi connectivity index (χ1v) is 6.57. The smallest absolute Gasteiger partial charge is 0.0863 e. The fourth-order valence-electron chi connectivity index (χ4n) is 2.25. The normalized spacial score (nSPS) is 26.1. The molecule has 0 saturated carbocycles. The van der Waals surface area contributed by atoms with Crippen LogP contribution in [0.15, 0.2) is 18.2 Å². The van der Waals surface area contributed by atoms with E-state index >= 15 is 0 Å². The minimum Gasteiger partial charge on any atom is -0.390 e. The predicted octanol–water partition coefficient (Wildman–Crippen LogP) is 3.32. The molecule has 0 aliphatic carbocycles. The molecule has 1 aromatic rings. The fourth-order valence-corrected chi connectivity index (χ4v) is 2.64. The summed E-state index contributed by atoms with van der Waals surface area (Å²) in [5.74, 6) is 0.392. The monoisotopic (exact) mass is 274 g/mol. The molecule has 2 rings (SSSR count).